The van der Waals surface area contributed by atoms with Crippen molar-refractivity contribution >= 4 is 23.3 Å². The minimum atomic E-state index is -1.28. The highest BCUT2D eigenvalue weighted by atomic mass is 32.1. The first kappa shape index (κ1) is 12.3. The number of aliphatic carboxylic acids is 1. The van der Waals surface area contributed by atoms with Gasteiger partial charge in [-0.25, -0.2) is 0 Å². The van der Waals surface area contributed by atoms with Crippen molar-refractivity contribution in [3.8, 4) is 5.75 Å². The highest BCUT2D eigenvalue weighted by Crippen LogP contribution is 2.22. The molecule has 0 fully saturated rings. The summed E-state index contributed by atoms with van der Waals surface area (Å²) < 4.78 is 5.05. The molecule has 0 radical (unpaired) electrons. The van der Waals surface area contributed by atoms with Crippen molar-refractivity contribution in [2.45, 2.75) is 5.92 Å². The van der Waals surface area contributed by atoms with Crippen LogP contribution in [0.4, 0.5) is 0 Å². The second kappa shape index (κ2) is 5.46. The van der Waals surface area contributed by atoms with E-state index < -0.39 is 17.9 Å². The van der Waals surface area contributed by atoms with Crippen LogP contribution in [-0.4, -0.2) is 17.0 Å². The molecule has 18 heavy (non-hydrogen) atoms. The summed E-state index contributed by atoms with van der Waals surface area (Å²) >= 11 is 1.34. The van der Waals surface area contributed by atoms with Crippen LogP contribution in [0.2, 0.25) is 0 Å². The van der Waals surface area contributed by atoms with Crippen molar-refractivity contribution in [3.63, 3.8) is 0 Å². The van der Waals surface area contributed by atoms with Crippen LogP contribution in [0.3, 0.4) is 0 Å². The van der Waals surface area contributed by atoms with Crippen LogP contribution in [0.1, 0.15) is 11.5 Å². The van der Waals surface area contributed by atoms with Crippen LogP contribution in [0.15, 0.2) is 47.2 Å². The Morgan fingerprint density at radius 2 is 1.89 bits per heavy atom. The molecular weight excluding hydrogens is 252 g/mol. The Hall–Kier alpha value is -2.14. The van der Waals surface area contributed by atoms with Crippen molar-refractivity contribution in [1.82, 2.24) is 0 Å². The number of carboxylic acids is 1. The van der Waals surface area contributed by atoms with Gasteiger partial charge in [-0.05, 0) is 34.5 Å². The number of carboxylic acid groups (broad SMARTS) is 1. The number of para-hydroxylation sites is 1. The van der Waals surface area contributed by atoms with Gasteiger partial charge in [-0.2, -0.15) is 11.3 Å². The van der Waals surface area contributed by atoms with Gasteiger partial charge in [-0.1, -0.05) is 18.2 Å². The van der Waals surface area contributed by atoms with Gasteiger partial charge in [0.2, 0.25) is 0 Å². The third kappa shape index (κ3) is 2.75. The Labute approximate surface area is 107 Å². The summed E-state index contributed by atoms with van der Waals surface area (Å²) in [5.74, 6) is -2.94. The molecule has 0 aliphatic rings. The highest BCUT2D eigenvalue weighted by Gasteiger charge is 2.30. The molecule has 0 aliphatic heterocycles. The Morgan fingerprint density at radius 1 is 1.17 bits per heavy atom. The largest absolute Gasteiger partial charge is 0.480 e. The summed E-state index contributed by atoms with van der Waals surface area (Å²) in [7, 11) is 0. The van der Waals surface area contributed by atoms with E-state index in [4.69, 9.17) is 9.84 Å². The Balaban J connectivity index is 2.18. The van der Waals surface area contributed by atoms with Crippen molar-refractivity contribution in [2.24, 2.45) is 0 Å². The van der Waals surface area contributed by atoms with E-state index in [1.54, 1.807) is 47.2 Å². The molecule has 1 atom stereocenters. The van der Waals surface area contributed by atoms with Gasteiger partial charge in [-0.15, -0.1) is 0 Å². The second-order valence-electron chi connectivity index (χ2n) is 3.56. The Morgan fingerprint density at radius 3 is 2.44 bits per heavy atom. The van der Waals surface area contributed by atoms with E-state index in [0.717, 1.165) is 0 Å². The summed E-state index contributed by atoms with van der Waals surface area (Å²) in [5.41, 5.74) is 0.438. The predicted molar refractivity (Wildman–Crippen MR) is 66.8 cm³/mol. The maximum absolute atomic E-state index is 11.9. The number of carbonyl (C=O) groups excluding carboxylic acids is 1. The Bertz CT molecular complexity index is 533. The number of thiophene rings is 1. The lowest BCUT2D eigenvalue weighted by Gasteiger charge is -2.10. The first-order valence-electron chi connectivity index (χ1n) is 5.20. The van der Waals surface area contributed by atoms with Crippen molar-refractivity contribution < 1.29 is 19.4 Å². The zero-order chi connectivity index (χ0) is 13.0. The summed E-state index contributed by atoms with van der Waals surface area (Å²) in [5, 5.41) is 12.5. The van der Waals surface area contributed by atoms with E-state index in [9.17, 15) is 9.59 Å². The molecule has 92 valence electrons. The molecule has 4 nitrogen and oxygen atoms in total. The van der Waals surface area contributed by atoms with Gasteiger partial charge in [0.15, 0.2) is 5.92 Å². The molecule has 2 rings (SSSR count). The normalized spacial score (nSPS) is 11.8. The molecule has 0 saturated carbocycles. The molecule has 0 aliphatic carbocycles. The maximum atomic E-state index is 11.9. The molecule has 2 aromatic rings. The van der Waals surface area contributed by atoms with Gasteiger partial charge in [0.1, 0.15) is 5.75 Å². The number of hydrogen-bond acceptors (Lipinski definition) is 4. The number of rotatable bonds is 4. The second-order valence-corrected chi connectivity index (χ2v) is 4.34. The highest BCUT2D eigenvalue weighted by molar-refractivity contribution is 7.08. The summed E-state index contributed by atoms with van der Waals surface area (Å²) in [6.45, 7) is 0. The molecule has 1 unspecified atom stereocenters. The summed E-state index contributed by atoms with van der Waals surface area (Å²) in [6, 6.07) is 10.0. The first-order chi connectivity index (χ1) is 8.68. The standard InChI is InChI=1S/C13H10O4S/c14-12(15)11(9-6-7-18-8-9)13(16)17-10-4-2-1-3-5-10/h1-8,11H,(H,14,15). The molecule has 1 N–H and O–H groups in total. The maximum Gasteiger partial charge on any atom is 0.330 e. The predicted octanol–water partition coefficient (Wildman–Crippen LogP) is 2.52. The minimum absolute atomic E-state index is 0.337. The molecular formula is C13H10O4S. The fourth-order valence-corrected chi connectivity index (χ4v) is 2.17. The van der Waals surface area contributed by atoms with Gasteiger partial charge in [-0.3, -0.25) is 9.59 Å². The van der Waals surface area contributed by atoms with E-state index in [-0.39, 0.29) is 0 Å². The third-order valence-electron chi connectivity index (χ3n) is 2.32. The minimum Gasteiger partial charge on any atom is -0.480 e. The number of ether oxygens (including phenoxy) is 1. The van der Waals surface area contributed by atoms with E-state index in [2.05, 4.69) is 0 Å². The molecule has 0 amide bonds. The van der Waals surface area contributed by atoms with Crippen LogP contribution in [-0.2, 0) is 9.59 Å². The molecule has 0 saturated heterocycles. The molecule has 5 heteroatoms. The molecule has 1 aromatic heterocycles. The quantitative estimate of drug-likeness (QED) is 0.522. The van der Waals surface area contributed by atoms with Gasteiger partial charge < -0.3 is 9.84 Å². The van der Waals surface area contributed by atoms with Gasteiger partial charge in [0.25, 0.3) is 0 Å². The lowest BCUT2D eigenvalue weighted by Crippen LogP contribution is -2.25. The van der Waals surface area contributed by atoms with Crippen LogP contribution in [0.5, 0.6) is 5.75 Å². The molecule has 0 spiro atoms. The third-order valence-corrected chi connectivity index (χ3v) is 3.02. The molecule has 1 heterocycles. The summed E-state index contributed by atoms with van der Waals surface area (Å²) in [4.78, 5) is 23.0. The fraction of sp³-hybridized carbons (Fsp3) is 0.0769. The van der Waals surface area contributed by atoms with Crippen LogP contribution < -0.4 is 4.74 Å². The van der Waals surface area contributed by atoms with Gasteiger partial charge in [0, 0.05) is 0 Å². The lowest BCUT2D eigenvalue weighted by atomic mass is 10.0. The zero-order valence-corrected chi connectivity index (χ0v) is 10.1. The average Bonchev–Trinajstić information content (AvgIpc) is 2.83. The topological polar surface area (TPSA) is 63.6 Å². The van der Waals surface area contributed by atoms with Crippen molar-refractivity contribution in [3.05, 3.63) is 52.7 Å². The van der Waals surface area contributed by atoms with E-state index in [1.165, 1.54) is 11.3 Å². The van der Waals surface area contributed by atoms with Crippen LogP contribution >= 0.6 is 11.3 Å². The van der Waals surface area contributed by atoms with E-state index >= 15 is 0 Å². The molecule has 1 aromatic carbocycles. The van der Waals surface area contributed by atoms with Gasteiger partial charge >= 0.3 is 11.9 Å². The van der Waals surface area contributed by atoms with Crippen LogP contribution in [0.25, 0.3) is 0 Å². The number of esters is 1. The van der Waals surface area contributed by atoms with Crippen molar-refractivity contribution in [2.75, 3.05) is 0 Å². The Kier molecular flexibility index (Phi) is 3.74. The van der Waals surface area contributed by atoms with Gasteiger partial charge in [0.05, 0.1) is 0 Å². The molecule has 0 bridgehead atoms. The van der Waals surface area contributed by atoms with E-state index in [0.29, 0.717) is 11.3 Å². The summed E-state index contributed by atoms with van der Waals surface area (Å²) in [6.07, 6.45) is 0. The smallest absolute Gasteiger partial charge is 0.330 e. The van der Waals surface area contributed by atoms with Crippen molar-refractivity contribution in [1.29, 1.82) is 0 Å². The number of benzene rings is 1. The zero-order valence-electron chi connectivity index (χ0n) is 9.28. The number of hydrogen-bond donors (Lipinski definition) is 1. The number of carbonyl (C=O) groups is 2. The van der Waals surface area contributed by atoms with Crippen LogP contribution in [0, 0.1) is 0 Å². The van der Waals surface area contributed by atoms with E-state index in [1.807, 2.05) is 0 Å². The average molecular weight is 262 g/mol. The lowest BCUT2D eigenvalue weighted by molar-refractivity contribution is -0.148. The fourth-order valence-electron chi connectivity index (χ4n) is 1.48. The monoisotopic (exact) mass is 262 g/mol. The SMILES string of the molecule is O=C(O)C(C(=O)Oc1ccccc1)c1ccsc1. The first-order valence-corrected chi connectivity index (χ1v) is 6.14.